The smallest absolute Gasteiger partial charge is 0.357 e. The number of methoxy groups -OCH3 is 1. The average molecular weight is 241 g/mol. The first kappa shape index (κ1) is 11.9. The van der Waals surface area contributed by atoms with Crippen molar-refractivity contribution in [2.24, 2.45) is 5.73 Å². The summed E-state index contributed by atoms with van der Waals surface area (Å²) in [5, 5.41) is 8.75. The zero-order valence-corrected chi connectivity index (χ0v) is 9.50. The van der Waals surface area contributed by atoms with Gasteiger partial charge >= 0.3 is 5.97 Å². The first-order chi connectivity index (χ1) is 8.11. The van der Waals surface area contributed by atoms with E-state index in [1.54, 1.807) is 7.11 Å². The lowest BCUT2D eigenvalue weighted by atomic mass is 10.0. The summed E-state index contributed by atoms with van der Waals surface area (Å²) in [4.78, 5) is 16.4. The van der Waals surface area contributed by atoms with E-state index >= 15 is 0 Å². The number of carbonyl (C=O) groups is 1. The second kappa shape index (κ2) is 4.72. The Morgan fingerprint density at radius 1 is 1.76 bits per heavy atom. The number of rotatable bonds is 3. The van der Waals surface area contributed by atoms with Gasteiger partial charge in [0.25, 0.3) is 6.01 Å². The van der Waals surface area contributed by atoms with Crippen LogP contribution in [0.1, 0.15) is 16.9 Å². The number of oxazole rings is 1. The molecular weight excluding hydrogens is 226 g/mol. The van der Waals surface area contributed by atoms with Crippen molar-refractivity contribution < 1.29 is 19.1 Å². The van der Waals surface area contributed by atoms with Gasteiger partial charge < -0.3 is 24.9 Å². The van der Waals surface area contributed by atoms with Gasteiger partial charge in [-0.1, -0.05) is 0 Å². The highest BCUT2D eigenvalue weighted by atomic mass is 16.5. The highest BCUT2D eigenvalue weighted by Gasteiger charge is 2.29. The quantitative estimate of drug-likeness (QED) is 0.763. The molecule has 0 saturated carbocycles. The average Bonchev–Trinajstić information content (AvgIpc) is 2.79. The maximum absolute atomic E-state index is 10.7. The van der Waals surface area contributed by atoms with Crippen molar-refractivity contribution in [1.29, 1.82) is 0 Å². The van der Waals surface area contributed by atoms with Gasteiger partial charge in [0.15, 0.2) is 5.69 Å². The Bertz CT molecular complexity index is 406. The zero-order chi connectivity index (χ0) is 12.4. The third-order valence-electron chi connectivity index (χ3n) is 2.89. The molecule has 3 N–H and O–H groups in total. The summed E-state index contributed by atoms with van der Waals surface area (Å²) in [7, 11) is 1.60. The molecule has 1 aliphatic rings. The maximum Gasteiger partial charge on any atom is 0.357 e. The standard InChI is InChI=1S/C10H15N3O4/c1-16-8-4-13(3-2-6(8)11)10-12-7(5-17-10)9(14)15/h5-6,8H,2-4,11H2,1H3,(H,14,15)/t6-,8+/m0/s1. The number of ether oxygens (including phenoxy) is 1. The first-order valence-corrected chi connectivity index (χ1v) is 5.34. The van der Waals surface area contributed by atoms with Crippen molar-refractivity contribution in [1.82, 2.24) is 4.98 Å². The minimum absolute atomic E-state index is 0.00911. The number of hydrogen-bond acceptors (Lipinski definition) is 6. The maximum atomic E-state index is 10.7. The van der Waals surface area contributed by atoms with E-state index in [9.17, 15) is 4.79 Å². The number of carboxylic acid groups (broad SMARTS) is 1. The van der Waals surface area contributed by atoms with Gasteiger partial charge in [-0.05, 0) is 6.42 Å². The van der Waals surface area contributed by atoms with Gasteiger partial charge in [-0.2, -0.15) is 4.98 Å². The number of anilines is 1. The normalized spacial score (nSPS) is 24.9. The van der Waals surface area contributed by atoms with E-state index in [1.807, 2.05) is 4.90 Å². The van der Waals surface area contributed by atoms with E-state index in [4.69, 9.17) is 20.0 Å². The molecule has 0 unspecified atom stereocenters. The Morgan fingerprint density at radius 2 is 2.53 bits per heavy atom. The molecule has 0 amide bonds. The van der Waals surface area contributed by atoms with Gasteiger partial charge in [-0.15, -0.1) is 0 Å². The van der Waals surface area contributed by atoms with Crippen molar-refractivity contribution in [3.63, 3.8) is 0 Å². The summed E-state index contributed by atoms with van der Waals surface area (Å²) >= 11 is 0. The van der Waals surface area contributed by atoms with Gasteiger partial charge in [0.1, 0.15) is 6.26 Å². The lowest BCUT2D eigenvalue weighted by molar-refractivity contribution is 0.0690. The van der Waals surface area contributed by atoms with Crippen LogP contribution in [0.3, 0.4) is 0 Å². The van der Waals surface area contributed by atoms with Gasteiger partial charge in [0.2, 0.25) is 0 Å². The lowest BCUT2D eigenvalue weighted by Gasteiger charge is -2.34. The molecule has 2 rings (SSSR count). The Labute approximate surface area is 98.2 Å². The third kappa shape index (κ3) is 2.40. The molecule has 0 radical (unpaired) electrons. The van der Waals surface area contributed by atoms with Gasteiger partial charge in [0.05, 0.1) is 12.6 Å². The highest BCUT2D eigenvalue weighted by Crippen LogP contribution is 2.20. The second-order valence-electron chi connectivity index (χ2n) is 3.99. The SMILES string of the molecule is CO[C@@H]1CN(c2nc(C(=O)O)co2)CC[C@@H]1N. The molecule has 7 nitrogen and oxygen atoms in total. The monoisotopic (exact) mass is 241 g/mol. The molecule has 1 aromatic heterocycles. The minimum Gasteiger partial charge on any atom is -0.476 e. The number of aromatic carboxylic acids is 1. The van der Waals surface area contributed by atoms with E-state index in [0.717, 1.165) is 12.7 Å². The van der Waals surface area contributed by atoms with Crippen LogP contribution in [0.4, 0.5) is 6.01 Å². The van der Waals surface area contributed by atoms with E-state index in [1.165, 1.54) is 0 Å². The molecule has 2 heterocycles. The number of nitrogens with two attached hydrogens (primary N) is 1. The summed E-state index contributed by atoms with van der Waals surface area (Å²) in [6, 6.07) is 0.293. The fraction of sp³-hybridized carbons (Fsp3) is 0.600. The summed E-state index contributed by atoms with van der Waals surface area (Å²) in [6.45, 7) is 1.23. The summed E-state index contributed by atoms with van der Waals surface area (Å²) in [5.41, 5.74) is 5.79. The largest absolute Gasteiger partial charge is 0.476 e. The van der Waals surface area contributed by atoms with E-state index in [-0.39, 0.29) is 17.8 Å². The Hall–Kier alpha value is -1.60. The number of aromatic nitrogens is 1. The van der Waals surface area contributed by atoms with Crippen molar-refractivity contribution in [3.8, 4) is 0 Å². The number of piperidine rings is 1. The molecule has 0 bridgehead atoms. The molecule has 2 atom stereocenters. The molecular formula is C10H15N3O4. The van der Waals surface area contributed by atoms with Crippen LogP contribution in [0.25, 0.3) is 0 Å². The molecule has 17 heavy (non-hydrogen) atoms. The lowest BCUT2D eigenvalue weighted by Crippen LogP contribution is -2.51. The zero-order valence-electron chi connectivity index (χ0n) is 9.50. The Balaban J connectivity index is 2.09. The van der Waals surface area contributed by atoms with E-state index in [0.29, 0.717) is 19.1 Å². The molecule has 0 spiro atoms. The van der Waals surface area contributed by atoms with Gasteiger partial charge in [0, 0.05) is 19.7 Å². The van der Waals surface area contributed by atoms with Crippen molar-refractivity contribution >= 4 is 12.0 Å². The Morgan fingerprint density at radius 3 is 3.12 bits per heavy atom. The van der Waals surface area contributed by atoms with Crippen LogP contribution in [-0.4, -0.2) is 48.4 Å². The molecule has 1 aromatic rings. The van der Waals surface area contributed by atoms with Gasteiger partial charge in [-0.25, -0.2) is 4.79 Å². The van der Waals surface area contributed by atoms with E-state index in [2.05, 4.69) is 4.98 Å². The van der Waals surface area contributed by atoms with Crippen molar-refractivity contribution in [2.75, 3.05) is 25.1 Å². The predicted molar refractivity (Wildman–Crippen MR) is 59.1 cm³/mol. The molecule has 0 aromatic carbocycles. The predicted octanol–water partition coefficient (Wildman–Crippen LogP) is -0.0748. The fourth-order valence-electron chi connectivity index (χ4n) is 1.87. The molecule has 1 aliphatic heterocycles. The minimum atomic E-state index is -1.10. The molecule has 7 heteroatoms. The van der Waals surface area contributed by atoms with Crippen LogP contribution in [0.5, 0.6) is 0 Å². The topological polar surface area (TPSA) is 102 Å². The summed E-state index contributed by atoms with van der Waals surface area (Å²) in [5.74, 6) is -1.10. The number of hydrogen-bond donors (Lipinski definition) is 2. The third-order valence-corrected chi connectivity index (χ3v) is 2.89. The second-order valence-corrected chi connectivity index (χ2v) is 3.99. The Kier molecular flexibility index (Phi) is 3.30. The summed E-state index contributed by atoms with van der Waals surface area (Å²) < 4.78 is 10.4. The van der Waals surface area contributed by atoms with Gasteiger partial charge in [-0.3, -0.25) is 0 Å². The highest BCUT2D eigenvalue weighted by molar-refractivity contribution is 5.85. The van der Waals surface area contributed by atoms with Crippen LogP contribution in [0.15, 0.2) is 10.7 Å². The van der Waals surface area contributed by atoms with Crippen LogP contribution < -0.4 is 10.6 Å². The molecule has 1 saturated heterocycles. The molecule has 0 aliphatic carbocycles. The van der Waals surface area contributed by atoms with E-state index < -0.39 is 5.97 Å². The van der Waals surface area contributed by atoms with Crippen LogP contribution in [-0.2, 0) is 4.74 Å². The van der Waals surface area contributed by atoms with Crippen LogP contribution in [0.2, 0.25) is 0 Å². The fourth-order valence-corrected chi connectivity index (χ4v) is 1.87. The van der Waals surface area contributed by atoms with Crippen molar-refractivity contribution in [3.05, 3.63) is 12.0 Å². The van der Waals surface area contributed by atoms with Crippen LogP contribution in [0, 0.1) is 0 Å². The van der Waals surface area contributed by atoms with Crippen molar-refractivity contribution in [2.45, 2.75) is 18.6 Å². The first-order valence-electron chi connectivity index (χ1n) is 5.34. The molecule has 1 fully saturated rings. The summed E-state index contributed by atoms with van der Waals surface area (Å²) in [6.07, 6.45) is 1.79. The van der Waals surface area contributed by atoms with Crippen LogP contribution >= 0.6 is 0 Å². The number of carboxylic acids is 1. The molecule has 94 valence electrons. The number of nitrogens with zero attached hydrogens (tertiary/aromatic N) is 2.